The second-order valence-corrected chi connectivity index (χ2v) is 3.18. The average Bonchev–Trinajstić information content (AvgIpc) is 2.86. The summed E-state index contributed by atoms with van der Waals surface area (Å²) in [6.07, 6.45) is 4.53. The van der Waals surface area contributed by atoms with Crippen molar-refractivity contribution >= 4 is 5.91 Å². The van der Waals surface area contributed by atoms with Crippen molar-refractivity contribution in [2.24, 2.45) is 5.92 Å². The fourth-order valence-corrected chi connectivity index (χ4v) is 1.03. The van der Waals surface area contributed by atoms with Gasteiger partial charge in [0.25, 0.3) is 0 Å². The molecule has 1 aliphatic rings. The summed E-state index contributed by atoms with van der Waals surface area (Å²) in [5.41, 5.74) is 0. The molecule has 0 unspecified atom stereocenters. The van der Waals surface area contributed by atoms with Gasteiger partial charge in [0, 0.05) is 18.9 Å². The van der Waals surface area contributed by atoms with Gasteiger partial charge in [0.2, 0.25) is 5.91 Å². The number of amides is 1. The zero-order chi connectivity index (χ0) is 8.81. The molecule has 1 fully saturated rings. The highest BCUT2D eigenvalue weighted by Gasteiger charge is 2.28. The minimum Gasteiger partial charge on any atom is -0.356 e. The van der Waals surface area contributed by atoms with E-state index in [2.05, 4.69) is 11.4 Å². The molecule has 0 aliphatic heterocycles. The molecule has 0 aromatic rings. The molecule has 1 rings (SSSR count). The summed E-state index contributed by atoms with van der Waals surface area (Å²) in [4.78, 5) is 11.1. The van der Waals surface area contributed by atoms with E-state index in [4.69, 9.17) is 5.26 Å². The van der Waals surface area contributed by atoms with E-state index in [1.807, 2.05) is 0 Å². The molecule has 1 N–H and O–H groups in total. The number of unbranched alkanes of at least 4 members (excludes halogenated alkanes) is 2. The summed E-state index contributed by atoms with van der Waals surface area (Å²) < 4.78 is 0. The fraction of sp³-hybridized carbons (Fsp3) is 0.778. The Kier molecular flexibility index (Phi) is 3.59. The van der Waals surface area contributed by atoms with Crippen molar-refractivity contribution in [1.29, 1.82) is 5.26 Å². The van der Waals surface area contributed by atoms with Gasteiger partial charge in [0.05, 0.1) is 6.07 Å². The minimum atomic E-state index is 0.201. The van der Waals surface area contributed by atoms with Crippen LogP contribution in [0, 0.1) is 17.2 Å². The summed E-state index contributed by atoms with van der Waals surface area (Å²) in [5.74, 6) is 0.507. The average molecular weight is 166 g/mol. The van der Waals surface area contributed by atoms with Gasteiger partial charge in [0.15, 0.2) is 0 Å². The van der Waals surface area contributed by atoms with Gasteiger partial charge in [-0.3, -0.25) is 4.79 Å². The number of nitrogens with one attached hydrogen (secondary N) is 1. The van der Waals surface area contributed by atoms with Gasteiger partial charge in [-0.25, -0.2) is 0 Å². The Morgan fingerprint density at radius 3 is 2.83 bits per heavy atom. The molecule has 0 heterocycles. The monoisotopic (exact) mass is 166 g/mol. The Balaban J connectivity index is 1.88. The van der Waals surface area contributed by atoms with Crippen molar-refractivity contribution in [3.05, 3.63) is 0 Å². The Morgan fingerprint density at radius 1 is 1.50 bits per heavy atom. The van der Waals surface area contributed by atoms with Crippen LogP contribution >= 0.6 is 0 Å². The number of nitriles is 1. The molecule has 1 amide bonds. The second-order valence-electron chi connectivity index (χ2n) is 3.18. The molecule has 3 heteroatoms. The fourth-order valence-electron chi connectivity index (χ4n) is 1.03. The van der Waals surface area contributed by atoms with E-state index >= 15 is 0 Å². The molecule has 1 aliphatic carbocycles. The van der Waals surface area contributed by atoms with E-state index in [-0.39, 0.29) is 5.91 Å². The summed E-state index contributed by atoms with van der Waals surface area (Å²) >= 11 is 0. The lowest BCUT2D eigenvalue weighted by Crippen LogP contribution is -2.25. The van der Waals surface area contributed by atoms with E-state index < -0.39 is 0 Å². The normalized spacial score (nSPS) is 15.2. The van der Waals surface area contributed by atoms with E-state index in [0.717, 1.165) is 32.2 Å². The third-order valence-corrected chi connectivity index (χ3v) is 1.96. The molecule has 1 saturated carbocycles. The summed E-state index contributed by atoms with van der Waals surface area (Å²) in [6.45, 7) is 0.733. The molecule has 0 spiro atoms. The van der Waals surface area contributed by atoms with Crippen molar-refractivity contribution in [2.75, 3.05) is 6.54 Å². The van der Waals surface area contributed by atoms with Crippen LogP contribution < -0.4 is 5.32 Å². The molecular weight excluding hydrogens is 152 g/mol. The molecule has 0 aromatic carbocycles. The quantitative estimate of drug-likeness (QED) is 0.624. The zero-order valence-electron chi connectivity index (χ0n) is 7.18. The molecule has 0 aromatic heterocycles. The van der Waals surface area contributed by atoms with Crippen LogP contribution in [0.3, 0.4) is 0 Å². The van der Waals surface area contributed by atoms with E-state index in [0.29, 0.717) is 12.3 Å². The molecular formula is C9H14N2O. The first-order chi connectivity index (χ1) is 5.84. The summed E-state index contributed by atoms with van der Waals surface area (Å²) in [7, 11) is 0. The van der Waals surface area contributed by atoms with Crippen molar-refractivity contribution in [3.8, 4) is 6.07 Å². The Labute approximate surface area is 72.8 Å². The van der Waals surface area contributed by atoms with Crippen LogP contribution in [-0.2, 0) is 4.79 Å². The molecule has 0 atom stereocenters. The number of carbonyl (C=O) groups excluding carboxylic acids is 1. The topological polar surface area (TPSA) is 52.9 Å². The van der Waals surface area contributed by atoms with Crippen LogP contribution in [0.5, 0.6) is 0 Å². The van der Waals surface area contributed by atoms with Crippen LogP contribution in [0.1, 0.15) is 32.1 Å². The SMILES string of the molecule is N#CCCCCNC(=O)C1CC1. The molecule has 0 radical (unpaired) electrons. The van der Waals surface area contributed by atoms with Gasteiger partial charge in [-0.15, -0.1) is 0 Å². The van der Waals surface area contributed by atoms with E-state index in [9.17, 15) is 4.79 Å². The highest BCUT2D eigenvalue weighted by molar-refractivity contribution is 5.80. The summed E-state index contributed by atoms with van der Waals surface area (Å²) in [6, 6.07) is 2.08. The van der Waals surface area contributed by atoms with Gasteiger partial charge in [-0.2, -0.15) is 5.26 Å². The van der Waals surface area contributed by atoms with Gasteiger partial charge < -0.3 is 5.32 Å². The van der Waals surface area contributed by atoms with Gasteiger partial charge in [-0.1, -0.05) is 0 Å². The van der Waals surface area contributed by atoms with Gasteiger partial charge >= 0.3 is 0 Å². The second kappa shape index (κ2) is 4.76. The van der Waals surface area contributed by atoms with Gasteiger partial charge in [0.1, 0.15) is 0 Å². The first-order valence-corrected chi connectivity index (χ1v) is 4.49. The minimum absolute atomic E-state index is 0.201. The van der Waals surface area contributed by atoms with Crippen LogP contribution in [0.15, 0.2) is 0 Å². The maximum atomic E-state index is 11.1. The molecule has 12 heavy (non-hydrogen) atoms. The summed E-state index contributed by atoms with van der Waals surface area (Å²) in [5, 5.41) is 11.1. The predicted molar refractivity (Wildman–Crippen MR) is 45.2 cm³/mol. The number of rotatable bonds is 5. The van der Waals surface area contributed by atoms with Crippen LogP contribution in [-0.4, -0.2) is 12.5 Å². The maximum absolute atomic E-state index is 11.1. The van der Waals surface area contributed by atoms with E-state index in [1.165, 1.54) is 0 Å². The first-order valence-electron chi connectivity index (χ1n) is 4.49. The Morgan fingerprint density at radius 2 is 2.25 bits per heavy atom. The molecule has 66 valence electrons. The van der Waals surface area contributed by atoms with Crippen molar-refractivity contribution in [1.82, 2.24) is 5.32 Å². The Bertz CT molecular complexity index is 191. The first kappa shape index (κ1) is 9.05. The number of hydrogen-bond acceptors (Lipinski definition) is 2. The van der Waals surface area contributed by atoms with Crippen molar-refractivity contribution in [3.63, 3.8) is 0 Å². The highest BCUT2D eigenvalue weighted by atomic mass is 16.2. The van der Waals surface area contributed by atoms with Gasteiger partial charge in [-0.05, 0) is 25.7 Å². The zero-order valence-corrected chi connectivity index (χ0v) is 7.18. The smallest absolute Gasteiger partial charge is 0.223 e. The number of hydrogen-bond donors (Lipinski definition) is 1. The van der Waals surface area contributed by atoms with Crippen LogP contribution in [0.25, 0.3) is 0 Å². The third-order valence-electron chi connectivity index (χ3n) is 1.96. The molecule has 0 saturated heterocycles. The number of nitrogens with zero attached hydrogens (tertiary/aromatic N) is 1. The van der Waals surface area contributed by atoms with Crippen LogP contribution in [0.4, 0.5) is 0 Å². The van der Waals surface area contributed by atoms with Crippen molar-refractivity contribution in [2.45, 2.75) is 32.1 Å². The molecule has 3 nitrogen and oxygen atoms in total. The lowest BCUT2D eigenvalue weighted by atomic mass is 10.2. The van der Waals surface area contributed by atoms with E-state index in [1.54, 1.807) is 0 Å². The number of carbonyl (C=O) groups is 1. The van der Waals surface area contributed by atoms with Crippen molar-refractivity contribution < 1.29 is 4.79 Å². The predicted octanol–water partition coefficient (Wildman–Crippen LogP) is 1.21. The lowest BCUT2D eigenvalue weighted by molar-refractivity contribution is -0.122. The molecule has 0 bridgehead atoms. The third kappa shape index (κ3) is 3.38. The standard InChI is InChI=1S/C9H14N2O/c10-6-2-1-3-7-11-9(12)8-4-5-8/h8H,1-5,7H2,(H,11,12). The Hall–Kier alpha value is -1.04. The maximum Gasteiger partial charge on any atom is 0.223 e. The largest absolute Gasteiger partial charge is 0.356 e. The lowest BCUT2D eigenvalue weighted by Gasteiger charge is -2.01. The van der Waals surface area contributed by atoms with Crippen LogP contribution in [0.2, 0.25) is 0 Å². The highest BCUT2D eigenvalue weighted by Crippen LogP contribution is 2.28.